The Morgan fingerprint density at radius 2 is 2.08 bits per heavy atom. The van der Waals surface area contributed by atoms with E-state index < -0.39 is 11.7 Å². The highest BCUT2D eigenvalue weighted by Crippen LogP contribution is 2.32. The van der Waals surface area contributed by atoms with Crippen molar-refractivity contribution in [2.45, 2.75) is 45.3 Å². The summed E-state index contributed by atoms with van der Waals surface area (Å²) >= 11 is 0. The van der Waals surface area contributed by atoms with Crippen molar-refractivity contribution in [1.82, 2.24) is 14.9 Å². The molecule has 0 spiro atoms. The van der Waals surface area contributed by atoms with Gasteiger partial charge in [-0.05, 0) is 33.6 Å². The largest absolute Gasteiger partial charge is 0.447 e. The van der Waals surface area contributed by atoms with E-state index in [9.17, 15) is 9.59 Å². The Bertz CT molecular complexity index is 626. The van der Waals surface area contributed by atoms with E-state index in [0.29, 0.717) is 31.2 Å². The fraction of sp³-hybridized carbons (Fsp3) is 0.625. The summed E-state index contributed by atoms with van der Waals surface area (Å²) in [6, 6.07) is -0.146. The molecular formula is C16H22N4O4. The molecule has 0 bridgehead atoms. The number of ether oxygens (including phenoxy) is 2. The minimum absolute atomic E-state index is 0.146. The first-order valence-electron chi connectivity index (χ1n) is 8.11. The van der Waals surface area contributed by atoms with Crippen LogP contribution in [0.3, 0.4) is 0 Å². The molecular weight excluding hydrogens is 312 g/mol. The molecule has 8 nitrogen and oxygen atoms in total. The Morgan fingerprint density at radius 3 is 2.67 bits per heavy atom. The van der Waals surface area contributed by atoms with Gasteiger partial charge in [-0.2, -0.15) is 0 Å². The summed E-state index contributed by atoms with van der Waals surface area (Å²) in [6.07, 6.45) is 4.14. The van der Waals surface area contributed by atoms with E-state index >= 15 is 0 Å². The van der Waals surface area contributed by atoms with Gasteiger partial charge in [-0.15, -0.1) is 0 Å². The average Bonchev–Trinajstić information content (AvgIpc) is 3.14. The molecule has 0 aliphatic carbocycles. The molecule has 2 aliphatic heterocycles. The lowest BCUT2D eigenvalue weighted by molar-refractivity contribution is 0.0221. The molecule has 0 saturated carbocycles. The van der Waals surface area contributed by atoms with Gasteiger partial charge in [-0.25, -0.2) is 14.6 Å². The summed E-state index contributed by atoms with van der Waals surface area (Å²) in [5.41, 5.74) is 0.172. The molecule has 24 heavy (non-hydrogen) atoms. The second-order valence-corrected chi connectivity index (χ2v) is 6.90. The van der Waals surface area contributed by atoms with Gasteiger partial charge in [0.15, 0.2) is 5.82 Å². The van der Waals surface area contributed by atoms with E-state index in [-0.39, 0.29) is 12.1 Å². The Balaban J connectivity index is 1.73. The number of amides is 2. The molecule has 2 aliphatic rings. The first-order chi connectivity index (χ1) is 11.3. The van der Waals surface area contributed by atoms with Gasteiger partial charge in [0.05, 0.1) is 30.7 Å². The van der Waals surface area contributed by atoms with E-state index in [1.165, 1.54) is 4.90 Å². The Morgan fingerprint density at radius 1 is 1.29 bits per heavy atom. The van der Waals surface area contributed by atoms with Gasteiger partial charge < -0.3 is 9.47 Å². The topological polar surface area (TPSA) is 84.9 Å². The minimum atomic E-state index is -0.532. The summed E-state index contributed by atoms with van der Waals surface area (Å²) in [4.78, 5) is 35.8. The molecule has 1 atom stereocenters. The fourth-order valence-electron chi connectivity index (χ4n) is 2.86. The second kappa shape index (κ2) is 6.26. The predicted octanol–water partition coefficient (Wildman–Crippen LogP) is 2.51. The van der Waals surface area contributed by atoms with Crippen molar-refractivity contribution in [3.05, 3.63) is 18.1 Å². The summed E-state index contributed by atoms with van der Waals surface area (Å²) < 4.78 is 10.4. The SMILES string of the molecule is CC(C)(C)OC(=O)N1CCC[C@@H]1c1cnc(N2CCOC2=O)cn1. The fourth-order valence-corrected chi connectivity index (χ4v) is 2.86. The van der Waals surface area contributed by atoms with E-state index in [0.717, 1.165) is 12.8 Å². The minimum Gasteiger partial charge on any atom is -0.447 e. The van der Waals surface area contributed by atoms with Gasteiger partial charge in [-0.3, -0.25) is 14.8 Å². The summed E-state index contributed by atoms with van der Waals surface area (Å²) in [7, 11) is 0. The zero-order valence-electron chi connectivity index (χ0n) is 14.2. The number of nitrogens with zero attached hydrogens (tertiary/aromatic N) is 4. The maximum Gasteiger partial charge on any atom is 0.415 e. The highest BCUT2D eigenvalue weighted by molar-refractivity contribution is 5.87. The first kappa shape index (κ1) is 16.5. The molecule has 0 N–H and O–H groups in total. The van der Waals surface area contributed by atoms with Crippen LogP contribution in [0.4, 0.5) is 15.4 Å². The third kappa shape index (κ3) is 3.42. The summed E-state index contributed by atoms with van der Waals surface area (Å²) in [6.45, 7) is 7.01. The molecule has 0 unspecified atom stereocenters. The standard InChI is InChI=1S/C16H22N4O4/c1-16(2,3)24-15(22)19-6-4-5-12(19)11-9-18-13(10-17-11)20-7-8-23-14(20)21/h9-10,12H,4-8H2,1-3H3/t12-/m1/s1. The molecule has 130 valence electrons. The molecule has 1 aromatic rings. The monoisotopic (exact) mass is 334 g/mol. The van der Waals surface area contributed by atoms with Crippen molar-refractivity contribution >= 4 is 18.0 Å². The quantitative estimate of drug-likeness (QED) is 0.826. The Hall–Kier alpha value is -2.38. The van der Waals surface area contributed by atoms with Crippen molar-refractivity contribution < 1.29 is 19.1 Å². The van der Waals surface area contributed by atoms with Crippen molar-refractivity contribution in [1.29, 1.82) is 0 Å². The zero-order chi connectivity index (χ0) is 17.3. The molecule has 0 radical (unpaired) electrons. The van der Waals surface area contributed by atoms with Crippen LogP contribution in [0.15, 0.2) is 12.4 Å². The highest BCUT2D eigenvalue weighted by atomic mass is 16.6. The van der Waals surface area contributed by atoms with E-state index in [1.54, 1.807) is 17.3 Å². The maximum absolute atomic E-state index is 12.3. The van der Waals surface area contributed by atoms with Crippen LogP contribution in [-0.4, -0.2) is 52.4 Å². The van der Waals surface area contributed by atoms with Crippen molar-refractivity contribution in [2.24, 2.45) is 0 Å². The van der Waals surface area contributed by atoms with Crippen LogP contribution in [0, 0.1) is 0 Å². The third-order valence-electron chi connectivity index (χ3n) is 3.92. The normalized spacial score (nSPS) is 21.1. The molecule has 2 saturated heterocycles. The molecule has 8 heteroatoms. The maximum atomic E-state index is 12.3. The molecule has 0 aromatic carbocycles. The van der Waals surface area contributed by atoms with E-state index in [4.69, 9.17) is 9.47 Å². The van der Waals surface area contributed by atoms with E-state index in [2.05, 4.69) is 9.97 Å². The lowest BCUT2D eigenvalue weighted by Crippen LogP contribution is -2.36. The molecule has 1 aromatic heterocycles. The number of anilines is 1. The highest BCUT2D eigenvalue weighted by Gasteiger charge is 2.34. The van der Waals surface area contributed by atoms with Gasteiger partial charge in [-0.1, -0.05) is 0 Å². The molecule has 2 fully saturated rings. The Labute approximate surface area is 140 Å². The lowest BCUT2D eigenvalue weighted by atomic mass is 10.1. The van der Waals surface area contributed by atoms with Gasteiger partial charge in [0.1, 0.15) is 12.2 Å². The zero-order valence-corrected chi connectivity index (χ0v) is 14.2. The smallest absolute Gasteiger partial charge is 0.415 e. The number of cyclic esters (lactones) is 1. The molecule has 3 heterocycles. The average molecular weight is 334 g/mol. The van der Waals surface area contributed by atoms with Crippen LogP contribution in [0.1, 0.15) is 45.3 Å². The number of carbonyl (C=O) groups is 2. The predicted molar refractivity (Wildman–Crippen MR) is 85.6 cm³/mol. The second-order valence-electron chi connectivity index (χ2n) is 6.90. The summed E-state index contributed by atoms with van der Waals surface area (Å²) in [5, 5.41) is 0. The van der Waals surface area contributed by atoms with Crippen molar-refractivity contribution in [3.63, 3.8) is 0 Å². The molecule has 2 amide bonds. The number of hydrogen-bond acceptors (Lipinski definition) is 6. The van der Waals surface area contributed by atoms with Crippen LogP contribution in [0.5, 0.6) is 0 Å². The first-order valence-corrected chi connectivity index (χ1v) is 8.11. The Kier molecular flexibility index (Phi) is 4.29. The van der Waals surface area contributed by atoms with Crippen LogP contribution in [0.25, 0.3) is 0 Å². The number of hydrogen-bond donors (Lipinski definition) is 0. The van der Waals surface area contributed by atoms with E-state index in [1.807, 2.05) is 20.8 Å². The number of rotatable bonds is 2. The van der Waals surface area contributed by atoms with Gasteiger partial charge in [0.25, 0.3) is 0 Å². The number of likely N-dealkylation sites (tertiary alicyclic amines) is 1. The van der Waals surface area contributed by atoms with Gasteiger partial charge in [0.2, 0.25) is 0 Å². The van der Waals surface area contributed by atoms with Crippen LogP contribution < -0.4 is 4.90 Å². The van der Waals surface area contributed by atoms with Crippen molar-refractivity contribution in [2.75, 3.05) is 24.6 Å². The number of aromatic nitrogens is 2. The van der Waals surface area contributed by atoms with Gasteiger partial charge >= 0.3 is 12.2 Å². The molecule has 3 rings (SSSR count). The lowest BCUT2D eigenvalue weighted by Gasteiger charge is -2.28. The van der Waals surface area contributed by atoms with Crippen molar-refractivity contribution in [3.8, 4) is 0 Å². The van der Waals surface area contributed by atoms with Crippen LogP contribution in [0.2, 0.25) is 0 Å². The summed E-state index contributed by atoms with van der Waals surface area (Å²) in [5.74, 6) is 0.461. The van der Waals surface area contributed by atoms with Crippen LogP contribution >= 0.6 is 0 Å². The van der Waals surface area contributed by atoms with Crippen LogP contribution in [-0.2, 0) is 9.47 Å². The number of carbonyl (C=O) groups excluding carboxylic acids is 2. The van der Waals surface area contributed by atoms with Gasteiger partial charge in [0, 0.05) is 6.54 Å². The third-order valence-corrected chi connectivity index (χ3v) is 3.92.